The van der Waals surface area contributed by atoms with Crippen LogP contribution < -0.4 is 10.7 Å². The zero-order chi connectivity index (χ0) is 21.7. The van der Waals surface area contributed by atoms with E-state index in [9.17, 15) is 18.6 Å². The Morgan fingerprint density at radius 3 is 2.63 bits per heavy atom. The number of hydrogen-bond acceptors (Lipinski definition) is 7. The topological polar surface area (TPSA) is 123 Å². The van der Waals surface area contributed by atoms with Crippen LogP contribution in [-0.4, -0.2) is 60.6 Å². The van der Waals surface area contributed by atoms with E-state index in [-0.39, 0.29) is 39.6 Å². The largest absolute Gasteiger partial charge is 0.508 e. The molecule has 1 heterocycles. The molecule has 0 spiro atoms. The van der Waals surface area contributed by atoms with Crippen molar-refractivity contribution in [3.8, 4) is 11.5 Å². The Morgan fingerprint density at radius 2 is 1.93 bits per heavy atom. The maximum atomic E-state index is 12.8. The van der Waals surface area contributed by atoms with Crippen molar-refractivity contribution < 1.29 is 23.4 Å². The number of nitrogens with zero attached hydrogens (tertiary/aromatic N) is 2. The Bertz CT molecular complexity index is 1070. The van der Waals surface area contributed by atoms with Gasteiger partial charge in [-0.2, -0.15) is 9.41 Å². The average Bonchev–Trinajstić information content (AvgIpc) is 2.72. The number of morpholine rings is 1. The molecule has 30 heavy (non-hydrogen) atoms. The predicted octanol–water partition coefficient (Wildman–Crippen LogP) is 2.09. The van der Waals surface area contributed by atoms with Gasteiger partial charge in [0, 0.05) is 24.7 Å². The number of phenolic OH excluding ortho intramolecular Hbond substituents is 2. The summed E-state index contributed by atoms with van der Waals surface area (Å²) in [6.45, 7) is 1.26. The molecule has 0 saturated carbocycles. The lowest BCUT2D eigenvalue weighted by Crippen LogP contribution is -2.40. The fraction of sp³-hybridized carbons (Fsp3) is 0.222. The van der Waals surface area contributed by atoms with Gasteiger partial charge in [-0.1, -0.05) is 11.6 Å². The van der Waals surface area contributed by atoms with Gasteiger partial charge >= 0.3 is 0 Å². The molecular weight excluding hydrogens is 452 g/mol. The number of anilines is 1. The lowest BCUT2D eigenvalue weighted by Gasteiger charge is -2.26. The van der Waals surface area contributed by atoms with E-state index in [1.54, 1.807) is 0 Å². The van der Waals surface area contributed by atoms with Crippen LogP contribution in [-0.2, 0) is 14.8 Å². The van der Waals surface area contributed by atoms with Gasteiger partial charge in [-0.25, -0.2) is 8.42 Å². The van der Waals surface area contributed by atoms with Crippen LogP contribution in [0.5, 0.6) is 11.5 Å². The summed E-state index contributed by atoms with van der Waals surface area (Å²) in [7, 11) is -3.69. The van der Waals surface area contributed by atoms with E-state index in [0.717, 1.165) is 0 Å². The molecule has 1 fully saturated rings. The second-order valence-electron chi connectivity index (χ2n) is 6.23. The molecule has 2 aromatic rings. The smallest absolute Gasteiger partial charge is 0.243 e. The Morgan fingerprint density at radius 1 is 1.20 bits per heavy atom. The number of thiocarbonyl (C=S) groups is 1. The zero-order valence-electron chi connectivity index (χ0n) is 15.6. The molecule has 1 saturated heterocycles. The number of aromatic hydroxyl groups is 2. The zero-order valence-corrected chi connectivity index (χ0v) is 18.0. The standard InChI is InChI=1S/C18H19ClN4O5S2/c19-15-4-3-14(30(26,27)23-5-7-28-8-6-23)10-16(15)21-18(29)22-20-11-12-1-2-13(24)9-17(12)25/h1-4,9-11,24-25H,5-8H2,(H2,21,22,29)/b20-11+. The first-order valence-electron chi connectivity index (χ1n) is 8.77. The molecule has 0 unspecified atom stereocenters. The van der Waals surface area contributed by atoms with E-state index >= 15 is 0 Å². The predicted molar refractivity (Wildman–Crippen MR) is 118 cm³/mol. The van der Waals surface area contributed by atoms with E-state index in [1.165, 1.54) is 46.9 Å². The lowest BCUT2D eigenvalue weighted by molar-refractivity contribution is 0.0730. The van der Waals surface area contributed by atoms with Crippen LogP contribution in [0.15, 0.2) is 46.4 Å². The molecule has 0 atom stereocenters. The normalized spacial score (nSPS) is 15.2. The van der Waals surface area contributed by atoms with Gasteiger partial charge < -0.3 is 20.3 Å². The van der Waals surface area contributed by atoms with Crippen LogP contribution in [0.3, 0.4) is 0 Å². The Kier molecular flexibility index (Phi) is 7.10. The molecule has 160 valence electrons. The number of ether oxygens (including phenoxy) is 1. The lowest BCUT2D eigenvalue weighted by atomic mass is 10.2. The first kappa shape index (κ1) is 22.2. The summed E-state index contributed by atoms with van der Waals surface area (Å²) in [5, 5.41) is 26.1. The first-order chi connectivity index (χ1) is 14.3. The van der Waals surface area contributed by atoms with E-state index in [0.29, 0.717) is 24.5 Å². The summed E-state index contributed by atoms with van der Waals surface area (Å²) in [5.74, 6) is -0.222. The van der Waals surface area contributed by atoms with Crippen molar-refractivity contribution in [2.45, 2.75) is 4.90 Å². The summed E-state index contributed by atoms with van der Waals surface area (Å²) in [6.07, 6.45) is 1.31. The summed E-state index contributed by atoms with van der Waals surface area (Å²) >= 11 is 11.3. The van der Waals surface area contributed by atoms with E-state index in [1.807, 2.05) is 0 Å². The van der Waals surface area contributed by atoms with Gasteiger partial charge in [-0.15, -0.1) is 0 Å². The fourth-order valence-corrected chi connectivity index (χ4v) is 4.41. The molecule has 9 nitrogen and oxygen atoms in total. The molecule has 0 bridgehead atoms. The number of hydrazone groups is 1. The molecule has 1 aliphatic heterocycles. The molecule has 3 rings (SSSR count). The number of phenols is 2. The maximum absolute atomic E-state index is 12.8. The molecule has 0 aromatic heterocycles. The highest BCUT2D eigenvalue weighted by molar-refractivity contribution is 7.89. The second kappa shape index (κ2) is 9.58. The van der Waals surface area contributed by atoms with Crippen LogP contribution in [0.4, 0.5) is 5.69 Å². The quantitative estimate of drug-likeness (QED) is 0.297. The molecule has 0 aliphatic carbocycles. The monoisotopic (exact) mass is 470 g/mol. The number of rotatable bonds is 5. The van der Waals surface area contributed by atoms with Gasteiger partial charge in [0.25, 0.3) is 0 Å². The van der Waals surface area contributed by atoms with Crippen LogP contribution >= 0.6 is 23.8 Å². The Hall–Kier alpha value is -2.44. The maximum Gasteiger partial charge on any atom is 0.243 e. The van der Waals surface area contributed by atoms with Crippen molar-refractivity contribution in [1.82, 2.24) is 9.73 Å². The highest BCUT2D eigenvalue weighted by atomic mass is 35.5. The number of hydrogen-bond donors (Lipinski definition) is 4. The Balaban J connectivity index is 1.69. The number of sulfonamides is 1. The first-order valence-corrected chi connectivity index (χ1v) is 11.0. The molecule has 0 amide bonds. The van der Waals surface area contributed by atoms with E-state index in [4.69, 9.17) is 28.6 Å². The highest BCUT2D eigenvalue weighted by Crippen LogP contribution is 2.27. The van der Waals surface area contributed by atoms with Crippen LogP contribution in [0.1, 0.15) is 5.56 Å². The highest BCUT2D eigenvalue weighted by Gasteiger charge is 2.26. The molecule has 2 aromatic carbocycles. The minimum atomic E-state index is -3.69. The second-order valence-corrected chi connectivity index (χ2v) is 8.98. The van der Waals surface area contributed by atoms with Crippen molar-refractivity contribution in [2.24, 2.45) is 5.10 Å². The summed E-state index contributed by atoms with van der Waals surface area (Å²) in [5.41, 5.74) is 3.21. The minimum Gasteiger partial charge on any atom is -0.508 e. The average molecular weight is 471 g/mol. The van der Waals surface area contributed by atoms with Crippen LogP contribution in [0, 0.1) is 0 Å². The van der Waals surface area contributed by atoms with Gasteiger partial charge in [0.1, 0.15) is 11.5 Å². The molecule has 12 heteroatoms. The van der Waals surface area contributed by atoms with Crippen molar-refractivity contribution in [2.75, 3.05) is 31.6 Å². The van der Waals surface area contributed by atoms with Gasteiger partial charge in [0.15, 0.2) is 5.11 Å². The van der Waals surface area contributed by atoms with Gasteiger partial charge in [0.05, 0.1) is 35.0 Å². The Labute approximate surface area is 184 Å². The van der Waals surface area contributed by atoms with Gasteiger partial charge in [0.2, 0.25) is 10.0 Å². The van der Waals surface area contributed by atoms with Gasteiger partial charge in [-0.05, 0) is 42.5 Å². The van der Waals surface area contributed by atoms with Crippen molar-refractivity contribution in [3.63, 3.8) is 0 Å². The molecule has 4 N–H and O–H groups in total. The molecule has 0 radical (unpaired) electrons. The molecule has 1 aliphatic rings. The fourth-order valence-electron chi connectivity index (χ4n) is 2.65. The van der Waals surface area contributed by atoms with E-state index < -0.39 is 10.0 Å². The van der Waals surface area contributed by atoms with E-state index in [2.05, 4.69) is 15.8 Å². The third kappa shape index (κ3) is 5.37. The van der Waals surface area contributed by atoms with Crippen molar-refractivity contribution >= 4 is 50.9 Å². The van der Waals surface area contributed by atoms with Gasteiger partial charge in [-0.3, -0.25) is 5.43 Å². The summed E-state index contributed by atoms with van der Waals surface area (Å²) in [4.78, 5) is 0.0802. The minimum absolute atomic E-state index is 0.0624. The third-order valence-electron chi connectivity index (χ3n) is 4.18. The molecular formula is C18H19ClN4O5S2. The number of benzene rings is 2. The number of nitrogens with one attached hydrogen (secondary N) is 2. The summed E-state index contributed by atoms with van der Waals surface area (Å²) < 4.78 is 32.2. The summed E-state index contributed by atoms with van der Waals surface area (Å²) in [6, 6.07) is 8.35. The van der Waals surface area contributed by atoms with Crippen LogP contribution in [0.25, 0.3) is 0 Å². The van der Waals surface area contributed by atoms with Crippen LogP contribution in [0.2, 0.25) is 5.02 Å². The number of halogens is 1. The van der Waals surface area contributed by atoms with Crippen molar-refractivity contribution in [1.29, 1.82) is 0 Å². The van der Waals surface area contributed by atoms with Crippen molar-refractivity contribution in [3.05, 3.63) is 47.0 Å². The third-order valence-corrected chi connectivity index (χ3v) is 6.60. The SMILES string of the molecule is O=S(=O)(c1ccc(Cl)c(NC(=S)N/N=C/c2ccc(O)cc2O)c1)N1CCOCC1.